The van der Waals surface area contributed by atoms with Crippen LogP contribution < -0.4 is 10.6 Å². The van der Waals surface area contributed by atoms with Gasteiger partial charge in [0.1, 0.15) is 0 Å². The molecule has 3 amide bonds. The number of likely N-dealkylation sites (tertiary alicyclic amines) is 1. The molecule has 160 valence electrons. The van der Waals surface area contributed by atoms with Gasteiger partial charge in [0.25, 0.3) is 5.91 Å². The lowest BCUT2D eigenvalue weighted by molar-refractivity contribution is 0.0952. The summed E-state index contributed by atoms with van der Waals surface area (Å²) in [5.74, 6) is -0.0873. The summed E-state index contributed by atoms with van der Waals surface area (Å²) in [6.07, 6.45) is 6.68. The van der Waals surface area contributed by atoms with Crippen LogP contribution in [0.2, 0.25) is 0 Å². The maximum atomic E-state index is 13.0. The molecule has 31 heavy (non-hydrogen) atoms. The van der Waals surface area contributed by atoms with Crippen molar-refractivity contribution in [3.05, 3.63) is 64.8 Å². The minimum atomic E-state index is -0.0873. The predicted octanol–water partition coefficient (Wildman–Crippen LogP) is 4.60. The number of carbonyl (C=O) groups is 2. The van der Waals surface area contributed by atoms with Gasteiger partial charge in [0.05, 0.1) is 11.1 Å². The van der Waals surface area contributed by atoms with Crippen LogP contribution in [0.1, 0.15) is 52.9 Å². The van der Waals surface area contributed by atoms with Crippen molar-refractivity contribution in [3.63, 3.8) is 0 Å². The maximum Gasteiger partial charge on any atom is 0.321 e. The van der Waals surface area contributed by atoms with Gasteiger partial charge in [-0.25, -0.2) is 4.79 Å². The van der Waals surface area contributed by atoms with Gasteiger partial charge in [-0.15, -0.1) is 0 Å². The first-order chi connectivity index (χ1) is 15.2. The van der Waals surface area contributed by atoms with Gasteiger partial charge in [0.15, 0.2) is 0 Å². The van der Waals surface area contributed by atoms with E-state index in [9.17, 15) is 9.59 Å². The van der Waals surface area contributed by atoms with Crippen LogP contribution in [-0.4, -0.2) is 34.9 Å². The molecule has 5 rings (SSSR count). The molecule has 2 aliphatic rings. The van der Waals surface area contributed by atoms with Gasteiger partial charge in [-0.1, -0.05) is 24.3 Å². The zero-order chi connectivity index (χ0) is 21.2. The zero-order valence-electron chi connectivity index (χ0n) is 17.7. The number of fused-ring (bicyclic) bond motifs is 3. The Hall–Kier alpha value is -3.28. The van der Waals surface area contributed by atoms with E-state index in [0.29, 0.717) is 12.1 Å². The highest BCUT2D eigenvalue weighted by Gasteiger charge is 2.20. The third kappa shape index (κ3) is 4.02. The highest BCUT2D eigenvalue weighted by atomic mass is 16.2. The molecule has 0 spiro atoms. The van der Waals surface area contributed by atoms with Gasteiger partial charge in [-0.05, 0) is 67.9 Å². The van der Waals surface area contributed by atoms with Crippen molar-refractivity contribution < 1.29 is 9.59 Å². The van der Waals surface area contributed by atoms with Crippen molar-refractivity contribution in [1.82, 2.24) is 15.2 Å². The molecule has 1 fully saturated rings. The summed E-state index contributed by atoms with van der Waals surface area (Å²) >= 11 is 0. The Morgan fingerprint density at radius 1 is 0.968 bits per heavy atom. The van der Waals surface area contributed by atoms with Crippen LogP contribution in [0.4, 0.5) is 10.5 Å². The topological polar surface area (TPSA) is 77.2 Å². The Labute approximate surface area is 182 Å². The molecular weight excluding hydrogens is 388 g/mol. The van der Waals surface area contributed by atoms with E-state index in [-0.39, 0.29) is 11.9 Å². The fourth-order valence-electron chi connectivity index (χ4n) is 4.78. The van der Waals surface area contributed by atoms with Crippen LogP contribution in [0, 0.1) is 0 Å². The van der Waals surface area contributed by atoms with E-state index in [4.69, 9.17) is 0 Å². The molecule has 2 aromatic carbocycles. The molecule has 1 aliphatic carbocycles. The SMILES string of the molecule is O=C(NCc1cccc(NC(=O)N2CCCC2)c1)c1cccc2c3c([nH]c12)CCCC3. The third-order valence-electron chi connectivity index (χ3n) is 6.40. The Kier molecular flexibility index (Phi) is 5.37. The molecule has 1 saturated heterocycles. The number of aromatic nitrogens is 1. The van der Waals surface area contributed by atoms with Crippen LogP contribution in [0.25, 0.3) is 10.9 Å². The average molecular weight is 417 g/mol. The van der Waals surface area contributed by atoms with E-state index in [1.165, 1.54) is 29.5 Å². The van der Waals surface area contributed by atoms with Crippen LogP contribution in [-0.2, 0) is 19.4 Å². The Bertz CT molecular complexity index is 1130. The Balaban J connectivity index is 1.28. The number of para-hydroxylation sites is 1. The van der Waals surface area contributed by atoms with Gasteiger partial charge < -0.3 is 20.5 Å². The first-order valence-electron chi connectivity index (χ1n) is 11.2. The van der Waals surface area contributed by atoms with Gasteiger partial charge in [-0.2, -0.15) is 0 Å². The van der Waals surface area contributed by atoms with E-state index in [2.05, 4.69) is 21.7 Å². The standard InChI is InChI=1S/C25H28N4O2/c30-24(21-11-6-10-20-19-9-1-2-12-22(19)28-23(20)21)26-16-17-7-5-8-18(15-17)27-25(31)29-13-3-4-14-29/h5-8,10-11,15,28H,1-4,9,12-14,16H2,(H,26,30)(H,27,31). The van der Waals surface area contributed by atoms with Crippen LogP contribution >= 0.6 is 0 Å². The number of nitrogens with one attached hydrogen (secondary N) is 3. The summed E-state index contributed by atoms with van der Waals surface area (Å²) in [6, 6.07) is 13.6. The van der Waals surface area contributed by atoms with Gasteiger partial charge in [-0.3, -0.25) is 4.79 Å². The highest BCUT2D eigenvalue weighted by Crippen LogP contribution is 2.30. The second kappa shape index (κ2) is 8.46. The normalized spacial score (nSPS) is 15.7. The smallest absolute Gasteiger partial charge is 0.321 e. The number of benzene rings is 2. The number of carbonyl (C=O) groups excluding carboxylic acids is 2. The fraction of sp³-hybridized carbons (Fsp3) is 0.360. The number of nitrogens with zero attached hydrogens (tertiary/aromatic N) is 1. The third-order valence-corrected chi connectivity index (χ3v) is 6.40. The van der Waals surface area contributed by atoms with Crippen molar-refractivity contribution >= 4 is 28.5 Å². The zero-order valence-corrected chi connectivity index (χ0v) is 17.7. The number of hydrogen-bond donors (Lipinski definition) is 3. The lowest BCUT2D eigenvalue weighted by atomic mass is 9.95. The fourth-order valence-corrected chi connectivity index (χ4v) is 4.78. The monoisotopic (exact) mass is 416 g/mol. The van der Waals surface area contributed by atoms with Gasteiger partial charge >= 0.3 is 6.03 Å². The van der Waals surface area contributed by atoms with Crippen molar-refractivity contribution in [3.8, 4) is 0 Å². The number of amides is 3. The van der Waals surface area contributed by atoms with Crippen LogP contribution in [0.3, 0.4) is 0 Å². The number of hydrogen-bond acceptors (Lipinski definition) is 2. The molecule has 3 N–H and O–H groups in total. The van der Waals surface area contributed by atoms with E-state index in [1.807, 2.05) is 41.3 Å². The summed E-state index contributed by atoms with van der Waals surface area (Å²) in [6.45, 7) is 2.04. The highest BCUT2D eigenvalue weighted by molar-refractivity contribution is 6.06. The second-order valence-corrected chi connectivity index (χ2v) is 8.52. The van der Waals surface area contributed by atoms with Crippen LogP contribution in [0.5, 0.6) is 0 Å². The van der Waals surface area contributed by atoms with E-state index >= 15 is 0 Å². The summed E-state index contributed by atoms with van der Waals surface area (Å²) in [7, 11) is 0. The van der Waals surface area contributed by atoms with Crippen molar-refractivity contribution in [2.24, 2.45) is 0 Å². The Morgan fingerprint density at radius 3 is 2.65 bits per heavy atom. The van der Waals surface area contributed by atoms with Crippen molar-refractivity contribution in [2.75, 3.05) is 18.4 Å². The van der Waals surface area contributed by atoms with Crippen molar-refractivity contribution in [2.45, 2.75) is 45.1 Å². The van der Waals surface area contributed by atoms with Gasteiger partial charge in [0.2, 0.25) is 0 Å². The number of aryl methyl sites for hydroxylation is 2. The molecular formula is C25H28N4O2. The Morgan fingerprint density at radius 2 is 1.77 bits per heavy atom. The minimum absolute atomic E-state index is 0.0546. The molecule has 6 nitrogen and oxygen atoms in total. The van der Waals surface area contributed by atoms with E-state index in [0.717, 1.165) is 55.5 Å². The molecule has 0 unspecified atom stereocenters. The molecule has 0 saturated carbocycles. The maximum absolute atomic E-state index is 13.0. The summed E-state index contributed by atoms with van der Waals surface area (Å²) in [4.78, 5) is 30.6. The number of H-pyrrole nitrogens is 1. The summed E-state index contributed by atoms with van der Waals surface area (Å²) in [5, 5.41) is 7.18. The predicted molar refractivity (Wildman–Crippen MR) is 122 cm³/mol. The molecule has 1 aromatic heterocycles. The van der Waals surface area contributed by atoms with E-state index in [1.54, 1.807) is 0 Å². The molecule has 1 aliphatic heterocycles. The van der Waals surface area contributed by atoms with Gasteiger partial charge in [0, 0.05) is 36.4 Å². The summed E-state index contributed by atoms with van der Waals surface area (Å²) < 4.78 is 0. The molecule has 2 heterocycles. The number of urea groups is 1. The quantitative estimate of drug-likeness (QED) is 0.581. The first kappa shape index (κ1) is 19.7. The molecule has 3 aromatic rings. The molecule has 6 heteroatoms. The minimum Gasteiger partial charge on any atom is -0.358 e. The second-order valence-electron chi connectivity index (χ2n) is 8.52. The van der Waals surface area contributed by atoms with Crippen molar-refractivity contribution in [1.29, 1.82) is 0 Å². The largest absolute Gasteiger partial charge is 0.358 e. The molecule has 0 bridgehead atoms. The molecule has 0 atom stereocenters. The lowest BCUT2D eigenvalue weighted by Gasteiger charge is -2.16. The average Bonchev–Trinajstić information content (AvgIpc) is 3.46. The number of aromatic amines is 1. The first-order valence-corrected chi connectivity index (χ1v) is 11.2. The number of anilines is 1. The molecule has 0 radical (unpaired) electrons. The van der Waals surface area contributed by atoms with Crippen LogP contribution in [0.15, 0.2) is 42.5 Å². The summed E-state index contributed by atoms with van der Waals surface area (Å²) in [5.41, 5.74) is 5.98. The van der Waals surface area contributed by atoms with E-state index < -0.39 is 0 Å². The number of rotatable bonds is 4. The lowest BCUT2D eigenvalue weighted by Crippen LogP contribution is -2.32.